The molecule has 3 nitrogen and oxygen atoms in total. The Bertz CT molecular complexity index is 1020. The summed E-state index contributed by atoms with van der Waals surface area (Å²) in [6.07, 6.45) is 6.00. The quantitative estimate of drug-likeness (QED) is 0.349. The number of benzene rings is 2. The maximum Gasteiger partial charge on any atom is 0.252 e. The van der Waals surface area contributed by atoms with Crippen LogP contribution in [0.3, 0.4) is 0 Å². The summed E-state index contributed by atoms with van der Waals surface area (Å²) in [5.41, 5.74) is 3.63. The van der Waals surface area contributed by atoms with Crippen molar-refractivity contribution < 1.29 is 4.79 Å². The van der Waals surface area contributed by atoms with Crippen molar-refractivity contribution in [2.24, 2.45) is 0 Å². The van der Waals surface area contributed by atoms with Gasteiger partial charge in [-0.15, -0.1) is 0 Å². The standard InChI is InChI=1S/C24H23Cl3N2O/c1-2-3-4-5-12-28-24(30)17-13-21(16-6-8-18(25)9-7-16)23(29-15-17)20-11-10-19(26)14-22(20)27/h6-11,13-15H,2-5,12H2,1H3,(H,28,30). The van der Waals surface area contributed by atoms with Crippen molar-refractivity contribution in [3.05, 3.63) is 75.4 Å². The number of unbranched alkanes of at least 4 members (excludes halogenated alkanes) is 3. The van der Waals surface area contributed by atoms with E-state index in [1.54, 1.807) is 18.3 Å². The van der Waals surface area contributed by atoms with Gasteiger partial charge in [-0.1, -0.05) is 73.1 Å². The van der Waals surface area contributed by atoms with Crippen LogP contribution in [0.15, 0.2) is 54.7 Å². The molecular formula is C24H23Cl3N2O. The normalized spacial score (nSPS) is 10.8. The fourth-order valence-electron chi connectivity index (χ4n) is 3.19. The first-order chi connectivity index (χ1) is 14.5. The summed E-state index contributed by atoms with van der Waals surface area (Å²) < 4.78 is 0. The van der Waals surface area contributed by atoms with Crippen molar-refractivity contribution in [1.29, 1.82) is 0 Å². The molecule has 0 spiro atoms. The van der Waals surface area contributed by atoms with E-state index in [1.807, 2.05) is 36.4 Å². The van der Waals surface area contributed by atoms with Gasteiger partial charge in [-0.3, -0.25) is 9.78 Å². The van der Waals surface area contributed by atoms with Crippen LogP contribution in [-0.4, -0.2) is 17.4 Å². The molecule has 30 heavy (non-hydrogen) atoms. The molecule has 2 aromatic carbocycles. The maximum absolute atomic E-state index is 12.7. The topological polar surface area (TPSA) is 42.0 Å². The van der Waals surface area contributed by atoms with Gasteiger partial charge in [0.2, 0.25) is 0 Å². The molecule has 0 unspecified atom stereocenters. The van der Waals surface area contributed by atoms with Gasteiger partial charge in [0.05, 0.1) is 16.3 Å². The van der Waals surface area contributed by atoms with E-state index in [0.717, 1.165) is 36.0 Å². The Morgan fingerprint density at radius 2 is 1.63 bits per heavy atom. The number of amides is 1. The van der Waals surface area contributed by atoms with Crippen LogP contribution < -0.4 is 5.32 Å². The molecule has 1 amide bonds. The molecule has 6 heteroatoms. The Labute approximate surface area is 192 Å². The molecule has 0 bridgehead atoms. The molecule has 1 heterocycles. The minimum atomic E-state index is -0.136. The second-order valence-electron chi connectivity index (χ2n) is 7.07. The van der Waals surface area contributed by atoms with Crippen molar-refractivity contribution in [1.82, 2.24) is 10.3 Å². The third-order valence-electron chi connectivity index (χ3n) is 4.81. The van der Waals surface area contributed by atoms with Crippen molar-refractivity contribution in [2.75, 3.05) is 6.54 Å². The van der Waals surface area contributed by atoms with Crippen LogP contribution in [0, 0.1) is 0 Å². The Morgan fingerprint density at radius 1 is 0.900 bits per heavy atom. The lowest BCUT2D eigenvalue weighted by Crippen LogP contribution is -2.24. The third-order valence-corrected chi connectivity index (χ3v) is 5.61. The number of nitrogens with one attached hydrogen (secondary N) is 1. The number of hydrogen-bond donors (Lipinski definition) is 1. The Morgan fingerprint density at radius 3 is 2.33 bits per heavy atom. The molecule has 0 aliphatic heterocycles. The number of carbonyl (C=O) groups excluding carboxylic acids is 1. The lowest BCUT2D eigenvalue weighted by atomic mass is 9.97. The number of hydrogen-bond acceptors (Lipinski definition) is 2. The van der Waals surface area contributed by atoms with Crippen LogP contribution >= 0.6 is 34.8 Å². The van der Waals surface area contributed by atoms with Crippen LogP contribution in [0.4, 0.5) is 0 Å². The summed E-state index contributed by atoms with van der Waals surface area (Å²) in [4.78, 5) is 17.3. The largest absolute Gasteiger partial charge is 0.352 e. The predicted octanol–water partition coefficient (Wildman–Crippen LogP) is 7.69. The fourth-order valence-corrected chi connectivity index (χ4v) is 3.81. The summed E-state index contributed by atoms with van der Waals surface area (Å²) in [7, 11) is 0. The first-order valence-corrected chi connectivity index (χ1v) is 11.1. The van der Waals surface area contributed by atoms with Gasteiger partial charge < -0.3 is 5.32 Å². The van der Waals surface area contributed by atoms with Crippen LogP contribution in [0.2, 0.25) is 15.1 Å². The van der Waals surface area contributed by atoms with Gasteiger partial charge in [-0.2, -0.15) is 0 Å². The molecule has 1 aromatic heterocycles. The van der Waals surface area contributed by atoms with Crippen LogP contribution in [0.1, 0.15) is 43.0 Å². The number of pyridine rings is 1. The summed E-state index contributed by atoms with van der Waals surface area (Å²) >= 11 is 18.5. The highest BCUT2D eigenvalue weighted by molar-refractivity contribution is 6.36. The summed E-state index contributed by atoms with van der Waals surface area (Å²) in [5.74, 6) is -0.136. The molecule has 0 aliphatic rings. The second-order valence-corrected chi connectivity index (χ2v) is 8.35. The van der Waals surface area contributed by atoms with Crippen molar-refractivity contribution in [2.45, 2.75) is 32.6 Å². The molecule has 0 radical (unpaired) electrons. The number of aromatic nitrogens is 1. The van der Waals surface area contributed by atoms with Gasteiger partial charge in [-0.05, 0) is 48.4 Å². The maximum atomic E-state index is 12.7. The van der Waals surface area contributed by atoms with Crippen molar-refractivity contribution in [3.63, 3.8) is 0 Å². The highest BCUT2D eigenvalue weighted by atomic mass is 35.5. The molecule has 0 saturated heterocycles. The molecular weight excluding hydrogens is 439 g/mol. The second kappa shape index (κ2) is 10.8. The van der Waals surface area contributed by atoms with E-state index in [2.05, 4.69) is 17.2 Å². The van der Waals surface area contributed by atoms with E-state index in [1.165, 1.54) is 6.42 Å². The number of rotatable bonds is 8. The van der Waals surface area contributed by atoms with E-state index >= 15 is 0 Å². The zero-order valence-electron chi connectivity index (χ0n) is 16.7. The first kappa shape index (κ1) is 22.6. The van der Waals surface area contributed by atoms with Gasteiger partial charge in [0.15, 0.2) is 0 Å². The molecule has 0 saturated carbocycles. The first-order valence-electron chi connectivity index (χ1n) is 9.99. The minimum absolute atomic E-state index is 0.136. The lowest BCUT2D eigenvalue weighted by Gasteiger charge is -2.13. The highest BCUT2D eigenvalue weighted by Crippen LogP contribution is 2.36. The number of nitrogens with zero attached hydrogens (tertiary/aromatic N) is 1. The van der Waals surface area contributed by atoms with E-state index in [0.29, 0.717) is 32.9 Å². The van der Waals surface area contributed by atoms with E-state index < -0.39 is 0 Å². The Kier molecular flexibility index (Phi) is 8.15. The highest BCUT2D eigenvalue weighted by Gasteiger charge is 2.16. The zero-order valence-corrected chi connectivity index (χ0v) is 19.0. The fraction of sp³-hybridized carbons (Fsp3) is 0.250. The average molecular weight is 462 g/mol. The van der Waals surface area contributed by atoms with E-state index in [4.69, 9.17) is 34.8 Å². The molecule has 0 fully saturated rings. The van der Waals surface area contributed by atoms with Gasteiger partial charge >= 0.3 is 0 Å². The average Bonchev–Trinajstić information content (AvgIpc) is 2.74. The van der Waals surface area contributed by atoms with Crippen molar-refractivity contribution in [3.8, 4) is 22.4 Å². The monoisotopic (exact) mass is 460 g/mol. The van der Waals surface area contributed by atoms with Crippen LogP contribution in [0.5, 0.6) is 0 Å². The summed E-state index contributed by atoms with van der Waals surface area (Å²) in [6, 6.07) is 14.6. The molecule has 0 aliphatic carbocycles. The molecule has 0 atom stereocenters. The van der Waals surface area contributed by atoms with Crippen LogP contribution in [0.25, 0.3) is 22.4 Å². The van der Waals surface area contributed by atoms with Gasteiger partial charge in [0, 0.05) is 33.9 Å². The zero-order chi connectivity index (χ0) is 21.5. The molecule has 3 aromatic rings. The predicted molar refractivity (Wildman–Crippen MR) is 127 cm³/mol. The van der Waals surface area contributed by atoms with Gasteiger partial charge in [-0.25, -0.2) is 0 Å². The summed E-state index contributed by atoms with van der Waals surface area (Å²) in [5, 5.41) is 4.67. The lowest BCUT2D eigenvalue weighted by molar-refractivity contribution is 0.0952. The molecule has 1 N–H and O–H groups in total. The third kappa shape index (κ3) is 5.75. The van der Waals surface area contributed by atoms with E-state index in [-0.39, 0.29) is 5.91 Å². The molecule has 3 rings (SSSR count). The smallest absolute Gasteiger partial charge is 0.252 e. The van der Waals surface area contributed by atoms with Gasteiger partial charge in [0.25, 0.3) is 5.91 Å². The number of carbonyl (C=O) groups is 1. The van der Waals surface area contributed by atoms with Crippen LogP contribution in [-0.2, 0) is 0 Å². The Balaban J connectivity index is 1.95. The minimum Gasteiger partial charge on any atom is -0.352 e. The van der Waals surface area contributed by atoms with E-state index in [9.17, 15) is 4.79 Å². The molecule has 156 valence electrons. The number of halogens is 3. The van der Waals surface area contributed by atoms with Crippen molar-refractivity contribution >= 4 is 40.7 Å². The Hall–Kier alpha value is -2.07. The SMILES string of the molecule is CCCCCCNC(=O)c1cnc(-c2ccc(Cl)cc2Cl)c(-c2ccc(Cl)cc2)c1. The summed E-state index contributed by atoms with van der Waals surface area (Å²) in [6.45, 7) is 2.82. The van der Waals surface area contributed by atoms with Gasteiger partial charge in [0.1, 0.15) is 0 Å².